The fourth-order valence-electron chi connectivity index (χ4n) is 2.89. The molecule has 0 bridgehead atoms. The van der Waals surface area contributed by atoms with Crippen LogP contribution in [0.5, 0.6) is 0 Å². The van der Waals surface area contributed by atoms with Gasteiger partial charge in [-0.1, -0.05) is 18.2 Å². The van der Waals surface area contributed by atoms with Crippen molar-refractivity contribution in [2.75, 3.05) is 26.2 Å². The van der Waals surface area contributed by atoms with Crippen molar-refractivity contribution in [3.05, 3.63) is 30.3 Å². The second kappa shape index (κ2) is 5.87. The number of urea groups is 1. The lowest BCUT2D eigenvalue weighted by Gasteiger charge is -2.34. The summed E-state index contributed by atoms with van der Waals surface area (Å²) in [5, 5.41) is 0. The SMILES string of the molecule is NC(=O)CN1C(=O)C2CN(S(=O)(=O)c3ccccc3)CCN2C1=O. The predicted molar refractivity (Wildman–Crippen MR) is 82.0 cm³/mol. The van der Waals surface area contributed by atoms with Gasteiger partial charge in [-0.2, -0.15) is 4.31 Å². The monoisotopic (exact) mass is 352 g/mol. The van der Waals surface area contributed by atoms with Gasteiger partial charge in [-0.25, -0.2) is 13.2 Å². The Kier molecular flexibility index (Phi) is 4.01. The van der Waals surface area contributed by atoms with E-state index in [9.17, 15) is 22.8 Å². The third-order valence-corrected chi connectivity index (χ3v) is 5.95. The number of sulfonamides is 1. The lowest BCUT2D eigenvalue weighted by Crippen LogP contribution is -2.54. The van der Waals surface area contributed by atoms with Crippen LogP contribution in [-0.4, -0.2) is 72.6 Å². The molecule has 2 aliphatic heterocycles. The Bertz CT molecular complexity index is 795. The van der Waals surface area contributed by atoms with E-state index in [2.05, 4.69) is 0 Å². The van der Waals surface area contributed by atoms with E-state index < -0.39 is 40.5 Å². The molecule has 24 heavy (non-hydrogen) atoms. The van der Waals surface area contributed by atoms with Crippen molar-refractivity contribution in [1.29, 1.82) is 0 Å². The fraction of sp³-hybridized carbons (Fsp3) is 0.357. The first-order valence-electron chi connectivity index (χ1n) is 7.28. The summed E-state index contributed by atoms with van der Waals surface area (Å²) in [6.45, 7) is -0.485. The minimum atomic E-state index is -3.75. The van der Waals surface area contributed by atoms with Crippen molar-refractivity contribution in [2.45, 2.75) is 10.9 Å². The minimum absolute atomic E-state index is 0.0799. The summed E-state index contributed by atoms with van der Waals surface area (Å²) in [5.74, 6) is -1.41. The summed E-state index contributed by atoms with van der Waals surface area (Å²) in [5.41, 5.74) is 5.05. The van der Waals surface area contributed by atoms with Crippen LogP contribution in [0.2, 0.25) is 0 Å². The second-order valence-corrected chi connectivity index (χ2v) is 7.50. The lowest BCUT2D eigenvalue weighted by atomic mass is 10.2. The molecule has 0 radical (unpaired) electrons. The van der Waals surface area contributed by atoms with Gasteiger partial charge < -0.3 is 10.6 Å². The molecular weight excluding hydrogens is 336 g/mol. The second-order valence-electron chi connectivity index (χ2n) is 5.56. The van der Waals surface area contributed by atoms with Crippen LogP contribution in [0.25, 0.3) is 0 Å². The fourth-order valence-corrected chi connectivity index (χ4v) is 4.35. The van der Waals surface area contributed by atoms with Crippen LogP contribution in [0.4, 0.5) is 4.79 Å². The molecule has 2 aliphatic rings. The van der Waals surface area contributed by atoms with Crippen LogP contribution in [0.3, 0.4) is 0 Å². The summed E-state index contributed by atoms with van der Waals surface area (Å²) in [6, 6.07) is 6.34. The molecule has 2 fully saturated rings. The first-order valence-corrected chi connectivity index (χ1v) is 8.72. The molecule has 0 saturated carbocycles. The first-order chi connectivity index (χ1) is 11.3. The summed E-state index contributed by atoms with van der Waals surface area (Å²) in [7, 11) is -3.75. The van der Waals surface area contributed by atoms with Gasteiger partial charge in [0, 0.05) is 19.6 Å². The Balaban J connectivity index is 1.83. The van der Waals surface area contributed by atoms with Crippen LogP contribution in [0.15, 0.2) is 35.2 Å². The zero-order valence-corrected chi connectivity index (χ0v) is 13.5. The highest BCUT2D eigenvalue weighted by molar-refractivity contribution is 7.89. The molecule has 4 amide bonds. The third kappa shape index (κ3) is 2.63. The Morgan fingerprint density at radius 3 is 2.46 bits per heavy atom. The van der Waals surface area contributed by atoms with Crippen molar-refractivity contribution >= 4 is 27.9 Å². The summed E-state index contributed by atoms with van der Waals surface area (Å²) < 4.78 is 26.5. The number of hydrogen-bond donors (Lipinski definition) is 1. The molecule has 10 heteroatoms. The molecule has 0 spiro atoms. The molecule has 9 nitrogen and oxygen atoms in total. The number of piperazine rings is 1. The Morgan fingerprint density at radius 2 is 1.83 bits per heavy atom. The molecule has 1 atom stereocenters. The molecule has 1 aromatic carbocycles. The van der Waals surface area contributed by atoms with Crippen molar-refractivity contribution in [3.63, 3.8) is 0 Å². The van der Waals surface area contributed by atoms with Crippen molar-refractivity contribution in [2.24, 2.45) is 5.73 Å². The summed E-state index contributed by atoms with van der Waals surface area (Å²) in [6.07, 6.45) is 0. The predicted octanol–water partition coefficient (Wildman–Crippen LogP) is -1.19. The number of rotatable bonds is 4. The van der Waals surface area contributed by atoms with Gasteiger partial charge in [0.2, 0.25) is 15.9 Å². The number of amides is 4. The Labute approximate surface area is 138 Å². The van der Waals surface area contributed by atoms with Gasteiger partial charge in [-0.05, 0) is 12.1 Å². The Hall–Kier alpha value is -2.46. The van der Waals surface area contributed by atoms with Gasteiger partial charge in [-0.3, -0.25) is 14.5 Å². The van der Waals surface area contributed by atoms with Crippen molar-refractivity contribution in [1.82, 2.24) is 14.1 Å². The van der Waals surface area contributed by atoms with E-state index in [1.54, 1.807) is 18.2 Å². The van der Waals surface area contributed by atoms with Gasteiger partial charge in [0.25, 0.3) is 5.91 Å². The maximum Gasteiger partial charge on any atom is 0.328 e. The number of imide groups is 1. The normalized spacial score (nSPS) is 21.9. The largest absolute Gasteiger partial charge is 0.368 e. The summed E-state index contributed by atoms with van der Waals surface area (Å²) in [4.78, 5) is 37.7. The van der Waals surface area contributed by atoms with Crippen LogP contribution in [0, 0.1) is 0 Å². The molecule has 1 unspecified atom stereocenters. The molecule has 2 heterocycles. The minimum Gasteiger partial charge on any atom is -0.368 e. The lowest BCUT2D eigenvalue weighted by molar-refractivity contribution is -0.132. The topological polar surface area (TPSA) is 121 Å². The molecule has 3 rings (SSSR count). The van der Waals surface area contributed by atoms with Crippen LogP contribution >= 0.6 is 0 Å². The maximum atomic E-state index is 12.6. The highest BCUT2D eigenvalue weighted by Gasteiger charge is 2.49. The average Bonchev–Trinajstić information content (AvgIpc) is 2.80. The van der Waals surface area contributed by atoms with Crippen LogP contribution < -0.4 is 5.73 Å². The first kappa shape index (κ1) is 16.4. The molecule has 0 aliphatic carbocycles. The quantitative estimate of drug-likeness (QED) is 0.683. The molecule has 1 aromatic rings. The van der Waals surface area contributed by atoms with Crippen LogP contribution in [-0.2, 0) is 19.6 Å². The van der Waals surface area contributed by atoms with Gasteiger partial charge in [0.1, 0.15) is 12.6 Å². The highest BCUT2D eigenvalue weighted by Crippen LogP contribution is 2.25. The number of nitrogens with zero attached hydrogens (tertiary/aromatic N) is 3. The number of benzene rings is 1. The number of carbonyl (C=O) groups is 3. The van der Waals surface area contributed by atoms with E-state index in [1.165, 1.54) is 21.3 Å². The number of fused-ring (bicyclic) bond motifs is 1. The van der Waals surface area contributed by atoms with E-state index in [-0.39, 0.29) is 24.5 Å². The third-order valence-electron chi connectivity index (χ3n) is 4.07. The Morgan fingerprint density at radius 1 is 1.17 bits per heavy atom. The average molecular weight is 352 g/mol. The molecular formula is C14H16N4O5S. The standard InChI is InChI=1S/C14H16N4O5S/c15-12(19)9-18-13(20)11-8-16(6-7-17(11)14(18)21)24(22,23)10-4-2-1-3-5-10/h1-5,11H,6-9H2,(H2,15,19). The molecule has 2 N–H and O–H groups in total. The van der Waals surface area contributed by atoms with Gasteiger partial charge in [-0.15, -0.1) is 0 Å². The van der Waals surface area contributed by atoms with E-state index in [1.807, 2.05) is 0 Å². The van der Waals surface area contributed by atoms with Crippen LogP contribution in [0.1, 0.15) is 0 Å². The summed E-state index contributed by atoms with van der Waals surface area (Å²) >= 11 is 0. The molecule has 0 aromatic heterocycles. The van der Waals surface area contributed by atoms with Gasteiger partial charge in [0.15, 0.2) is 0 Å². The van der Waals surface area contributed by atoms with E-state index in [4.69, 9.17) is 5.73 Å². The highest BCUT2D eigenvalue weighted by atomic mass is 32.2. The van der Waals surface area contributed by atoms with E-state index >= 15 is 0 Å². The van der Waals surface area contributed by atoms with Crippen molar-refractivity contribution < 1.29 is 22.8 Å². The number of hydrogen-bond acceptors (Lipinski definition) is 5. The van der Waals surface area contributed by atoms with E-state index in [0.29, 0.717) is 0 Å². The number of nitrogens with two attached hydrogens (primary N) is 1. The zero-order chi connectivity index (χ0) is 17.5. The van der Waals surface area contributed by atoms with Gasteiger partial charge >= 0.3 is 6.03 Å². The van der Waals surface area contributed by atoms with Gasteiger partial charge in [0.05, 0.1) is 4.90 Å². The maximum absolute atomic E-state index is 12.6. The number of carbonyl (C=O) groups excluding carboxylic acids is 3. The molecule has 2 saturated heterocycles. The van der Waals surface area contributed by atoms with Crippen molar-refractivity contribution in [3.8, 4) is 0 Å². The smallest absolute Gasteiger partial charge is 0.328 e. The zero-order valence-electron chi connectivity index (χ0n) is 12.7. The molecule has 128 valence electrons. The van der Waals surface area contributed by atoms with E-state index in [0.717, 1.165) is 4.90 Å². The number of primary amides is 1.